The summed E-state index contributed by atoms with van der Waals surface area (Å²) in [6.07, 6.45) is 1.90. The Morgan fingerprint density at radius 1 is 1.50 bits per heavy atom. The van der Waals surface area contributed by atoms with Gasteiger partial charge in [0, 0.05) is 4.47 Å². The molecule has 2 rings (SSSR count). The highest BCUT2D eigenvalue weighted by Gasteiger charge is 2.16. The molecule has 1 heterocycles. The number of benzene rings is 1. The van der Waals surface area contributed by atoms with Gasteiger partial charge >= 0.3 is 0 Å². The lowest BCUT2D eigenvalue weighted by Crippen LogP contribution is -2.34. The van der Waals surface area contributed by atoms with Crippen LogP contribution in [0.2, 0.25) is 5.02 Å². The van der Waals surface area contributed by atoms with Gasteiger partial charge in [-0.2, -0.15) is 0 Å². The Hall–Kier alpha value is -0.690. The first kappa shape index (κ1) is 15.7. The third-order valence-corrected chi connectivity index (χ3v) is 3.93. The number of carbonyl (C=O) groups is 1. The van der Waals surface area contributed by atoms with E-state index in [1.54, 1.807) is 0 Å². The van der Waals surface area contributed by atoms with Gasteiger partial charge in [0.05, 0.1) is 16.8 Å². The molecule has 20 heavy (non-hydrogen) atoms. The lowest BCUT2D eigenvalue weighted by Gasteiger charge is -2.22. The van der Waals surface area contributed by atoms with Crippen molar-refractivity contribution >= 4 is 39.1 Å². The quantitative estimate of drug-likeness (QED) is 0.862. The highest BCUT2D eigenvalue weighted by Crippen LogP contribution is 2.31. The van der Waals surface area contributed by atoms with E-state index in [0.717, 1.165) is 32.0 Å². The Bertz CT molecular complexity index is 472. The van der Waals surface area contributed by atoms with Crippen LogP contribution in [0.1, 0.15) is 12.8 Å². The van der Waals surface area contributed by atoms with Gasteiger partial charge in [-0.3, -0.25) is 4.79 Å². The predicted octanol–water partition coefficient (Wildman–Crippen LogP) is 2.95. The summed E-state index contributed by atoms with van der Waals surface area (Å²) in [5.74, 6) is -0.774. The van der Waals surface area contributed by atoms with E-state index in [4.69, 9.17) is 16.3 Å². The molecule has 2 N–H and O–H groups in total. The zero-order chi connectivity index (χ0) is 14.5. The van der Waals surface area contributed by atoms with Crippen LogP contribution in [0.25, 0.3) is 0 Å². The summed E-state index contributed by atoms with van der Waals surface area (Å²) in [6.45, 7) is 1.77. The average Bonchev–Trinajstić information content (AvgIpc) is 2.42. The van der Waals surface area contributed by atoms with E-state index in [9.17, 15) is 9.18 Å². The van der Waals surface area contributed by atoms with Gasteiger partial charge < -0.3 is 15.4 Å². The molecular weight excluding hydrogens is 351 g/mol. The summed E-state index contributed by atoms with van der Waals surface area (Å²) >= 11 is 9.06. The lowest BCUT2D eigenvalue weighted by molar-refractivity contribution is -0.123. The molecule has 1 saturated heterocycles. The molecule has 0 unspecified atom stereocenters. The van der Waals surface area contributed by atoms with Gasteiger partial charge in [0.2, 0.25) is 5.91 Å². The van der Waals surface area contributed by atoms with Gasteiger partial charge in [-0.25, -0.2) is 4.39 Å². The number of piperidine rings is 1. The van der Waals surface area contributed by atoms with Crippen molar-refractivity contribution in [1.29, 1.82) is 0 Å². The number of rotatable bonds is 4. The van der Waals surface area contributed by atoms with E-state index < -0.39 is 5.82 Å². The minimum Gasteiger partial charge on any atom is -0.368 e. The van der Waals surface area contributed by atoms with Crippen molar-refractivity contribution in [3.8, 4) is 0 Å². The second kappa shape index (κ2) is 7.36. The Kier molecular flexibility index (Phi) is 5.77. The van der Waals surface area contributed by atoms with E-state index in [2.05, 4.69) is 26.6 Å². The maximum Gasteiger partial charge on any atom is 0.250 e. The first-order chi connectivity index (χ1) is 9.56. The second-order valence-electron chi connectivity index (χ2n) is 4.55. The first-order valence-corrected chi connectivity index (χ1v) is 7.50. The summed E-state index contributed by atoms with van der Waals surface area (Å²) < 4.78 is 19.0. The van der Waals surface area contributed by atoms with Crippen LogP contribution in [0.15, 0.2) is 16.6 Å². The highest BCUT2D eigenvalue weighted by molar-refractivity contribution is 9.10. The number of amides is 1. The number of anilines is 1. The molecule has 1 aliphatic rings. The lowest BCUT2D eigenvalue weighted by atomic mass is 10.1. The van der Waals surface area contributed by atoms with Gasteiger partial charge in [-0.15, -0.1) is 0 Å². The molecule has 7 heteroatoms. The number of nitrogens with one attached hydrogen (secondary N) is 2. The summed E-state index contributed by atoms with van der Waals surface area (Å²) in [4.78, 5) is 11.8. The molecule has 0 aliphatic carbocycles. The molecule has 0 saturated carbocycles. The maximum absolute atomic E-state index is 13.1. The molecule has 1 fully saturated rings. The van der Waals surface area contributed by atoms with Crippen molar-refractivity contribution in [1.82, 2.24) is 5.32 Å². The normalized spacial score (nSPS) is 16.1. The predicted molar refractivity (Wildman–Crippen MR) is 79.6 cm³/mol. The standard InChI is InChI=1S/C13H15BrClFN2O2/c14-10-5-8(16)6-11(15)13(10)18-12(19)7-20-9-1-3-17-4-2-9/h5-6,9,17H,1-4,7H2,(H,18,19). The third kappa shape index (κ3) is 4.41. The fraction of sp³-hybridized carbons (Fsp3) is 0.462. The van der Waals surface area contributed by atoms with Crippen molar-refractivity contribution in [2.75, 3.05) is 25.0 Å². The number of ether oxygens (including phenoxy) is 1. The zero-order valence-electron chi connectivity index (χ0n) is 10.7. The molecule has 4 nitrogen and oxygen atoms in total. The third-order valence-electron chi connectivity index (χ3n) is 3.01. The average molecular weight is 366 g/mol. The van der Waals surface area contributed by atoms with Gasteiger partial charge in [0.25, 0.3) is 0 Å². The van der Waals surface area contributed by atoms with Gasteiger partial charge in [-0.05, 0) is 54.0 Å². The summed E-state index contributed by atoms with van der Waals surface area (Å²) in [7, 11) is 0. The van der Waals surface area contributed by atoms with E-state index in [1.165, 1.54) is 6.07 Å². The zero-order valence-corrected chi connectivity index (χ0v) is 13.1. The topological polar surface area (TPSA) is 50.4 Å². The number of halogens is 3. The number of hydrogen-bond donors (Lipinski definition) is 2. The SMILES string of the molecule is O=C(COC1CCNCC1)Nc1c(Cl)cc(F)cc1Br. The van der Waals surface area contributed by atoms with Crippen LogP contribution >= 0.6 is 27.5 Å². The number of hydrogen-bond acceptors (Lipinski definition) is 3. The first-order valence-electron chi connectivity index (χ1n) is 6.33. The van der Waals surface area contributed by atoms with Crippen molar-refractivity contribution in [2.45, 2.75) is 18.9 Å². The van der Waals surface area contributed by atoms with Crippen LogP contribution in [0, 0.1) is 5.82 Å². The Labute approximate surface area is 130 Å². The second-order valence-corrected chi connectivity index (χ2v) is 5.81. The maximum atomic E-state index is 13.1. The van der Waals surface area contributed by atoms with Gasteiger partial charge in [-0.1, -0.05) is 11.6 Å². The fourth-order valence-corrected chi connectivity index (χ4v) is 2.89. The van der Waals surface area contributed by atoms with Crippen molar-refractivity contribution < 1.29 is 13.9 Å². The molecule has 1 amide bonds. The molecule has 0 atom stereocenters. The van der Waals surface area contributed by atoms with Crippen molar-refractivity contribution in [3.05, 3.63) is 27.4 Å². The van der Waals surface area contributed by atoms with E-state index in [0.29, 0.717) is 10.2 Å². The van der Waals surface area contributed by atoms with Crippen molar-refractivity contribution in [3.63, 3.8) is 0 Å². The van der Waals surface area contributed by atoms with Crippen LogP contribution in [-0.4, -0.2) is 31.7 Å². The fourth-order valence-electron chi connectivity index (χ4n) is 1.99. The molecule has 0 bridgehead atoms. The summed E-state index contributed by atoms with van der Waals surface area (Å²) in [5, 5.41) is 5.99. The molecule has 0 aromatic heterocycles. The molecule has 1 aromatic carbocycles. The highest BCUT2D eigenvalue weighted by atomic mass is 79.9. The summed E-state index contributed by atoms with van der Waals surface area (Å²) in [5.41, 5.74) is 0.354. The number of carbonyl (C=O) groups excluding carboxylic acids is 1. The monoisotopic (exact) mass is 364 g/mol. The van der Waals surface area contributed by atoms with E-state index in [-0.39, 0.29) is 23.6 Å². The van der Waals surface area contributed by atoms with Crippen LogP contribution in [0.5, 0.6) is 0 Å². The molecule has 1 aromatic rings. The Morgan fingerprint density at radius 2 is 2.20 bits per heavy atom. The molecule has 1 aliphatic heterocycles. The van der Waals surface area contributed by atoms with E-state index >= 15 is 0 Å². The molecule has 110 valence electrons. The van der Waals surface area contributed by atoms with Gasteiger partial charge in [0.1, 0.15) is 12.4 Å². The molecule has 0 radical (unpaired) electrons. The van der Waals surface area contributed by atoms with Gasteiger partial charge in [0.15, 0.2) is 0 Å². The van der Waals surface area contributed by atoms with Crippen LogP contribution in [-0.2, 0) is 9.53 Å². The molecular formula is C13H15BrClFN2O2. The van der Waals surface area contributed by atoms with Crippen LogP contribution in [0.3, 0.4) is 0 Å². The van der Waals surface area contributed by atoms with E-state index in [1.807, 2.05) is 0 Å². The van der Waals surface area contributed by atoms with Crippen LogP contribution in [0.4, 0.5) is 10.1 Å². The molecule has 0 spiro atoms. The van der Waals surface area contributed by atoms with Crippen molar-refractivity contribution in [2.24, 2.45) is 0 Å². The van der Waals surface area contributed by atoms with Crippen LogP contribution < -0.4 is 10.6 Å². The Morgan fingerprint density at radius 3 is 2.85 bits per heavy atom. The summed E-state index contributed by atoms with van der Waals surface area (Å²) in [6, 6.07) is 2.39. The Balaban J connectivity index is 1.88. The minimum absolute atomic E-state index is 0.0369. The smallest absolute Gasteiger partial charge is 0.250 e. The largest absolute Gasteiger partial charge is 0.368 e. The minimum atomic E-state index is -0.467.